The molecule has 1 N–H and O–H groups in total. The summed E-state index contributed by atoms with van der Waals surface area (Å²) < 4.78 is 31.9. The zero-order valence-corrected chi connectivity index (χ0v) is 12.7. The molecule has 0 aromatic carbocycles. The lowest BCUT2D eigenvalue weighted by Crippen LogP contribution is -2.41. The van der Waals surface area contributed by atoms with Crippen LogP contribution in [0, 0.1) is 6.92 Å². The first-order valence-electron chi connectivity index (χ1n) is 6.29. The van der Waals surface area contributed by atoms with Crippen molar-refractivity contribution in [3.05, 3.63) is 17.0 Å². The van der Waals surface area contributed by atoms with Crippen LogP contribution in [0.5, 0.6) is 0 Å². The van der Waals surface area contributed by atoms with E-state index in [2.05, 4.69) is 0 Å². The Morgan fingerprint density at radius 3 is 2.65 bits per heavy atom. The summed E-state index contributed by atoms with van der Waals surface area (Å²) in [7, 11) is -3.42. The molecule has 1 saturated heterocycles. The molecule has 0 amide bonds. The van der Waals surface area contributed by atoms with Crippen molar-refractivity contribution in [2.24, 2.45) is 0 Å². The summed E-state index contributed by atoms with van der Waals surface area (Å²) in [6, 6.07) is 1.79. The Balaban J connectivity index is 1.97. The maximum Gasteiger partial charge on any atom is 0.329 e. The van der Waals surface area contributed by atoms with Gasteiger partial charge in [-0.3, -0.25) is 0 Å². The lowest BCUT2D eigenvalue weighted by atomic mass is 10.1. The van der Waals surface area contributed by atoms with Gasteiger partial charge in [0.25, 0.3) is 10.0 Å². The Kier molecular flexibility index (Phi) is 4.79. The van der Waals surface area contributed by atoms with Gasteiger partial charge in [0.2, 0.25) is 0 Å². The van der Waals surface area contributed by atoms with E-state index in [1.165, 1.54) is 15.6 Å². The molecule has 0 saturated carbocycles. The van der Waals surface area contributed by atoms with Gasteiger partial charge < -0.3 is 9.84 Å². The van der Waals surface area contributed by atoms with Crippen LogP contribution in [-0.4, -0.2) is 49.6 Å². The van der Waals surface area contributed by atoms with E-state index in [0.29, 0.717) is 30.1 Å². The summed E-state index contributed by atoms with van der Waals surface area (Å²) in [6.07, 6.45) is 0.871. The third-order valence-electron chi connectivity index (χ3n) is 3.23. The number of aryl methyl sites for hydroxylation is 1. The van der Waals surface area contributed by atoms with Gasteiger partial charge in [-0.1, -0.05) is 0 Å². The van der Waals surface area contributed by atoms with Crippen LogP contribution in [0.2, 0.25) is 0 Å². The van der Waals surface area contributed by atoms with E-state index >= 15 is 0 Å². The fourth-order valence-electron chi connectivity index (χ4n) is 2.17. The molecule has 2 heterocycles. The van der Waals surface area contributed by atoms with Crippen molar-refractivity contribution < 1.29 is 23.1 Å². The van der Waals surface area contributed by atoms with Crippen molar-refractivity contribution in [2.45, 2.75) is 30.1 Å². The molecule has 1 fully saturated rings. The van der Waals surface area contributed by atoms with Gasteiger partial charge in [0.1, 0.15) is 10.8 Å². The highest BCUT2D eigenvalue weighted by Crippen LogP contribution is 2.28. The van der Waals surface area contributed by atoms with Crippen LogP contribution in [0.1, 0.15) is 18.4 Å². The molecule has 20 heavy (non-hydrogen) atoms. The van der Waals surface area contributed by atoms with Crippen molar-refractivity contribution in [3.8, 4) is 0 Å². The van der Waals surface area contributed by atoms with E-state index in [0.717, 1.165) is 5.56 Å². The Hall–Kier alpha value is -0.960. The molecule has 8 heteroatoms. The molecule has 0 aliphatic carbocycles. The molecule has 2 rings (SSSR count). The van der Waals surface area contributed by atoms with E-state index in [1.807, 2.05) is 0 Å². The standard InChI is InChI=1S/C12H17NO5S2/c1-9-4-7-19-12(9)20(16,17)13-5-2-10(3-6-13)18-8-11(14)15/h4,7,10H,2-3,5-6,8H2,1H3,(H,14,15). The quantitative estimate of drug-likeness (QED) is 0.884. The maximum atomic E-state index is 12.4. The molecule has 0 spiro atoms. The highest BCUT2D eigenvalue weighted by molar-refractivity contribution is 7.91. The number of piperidine rings is 1. The van der Waals surface area contributed by atoms with E-state index < -0.39 is 16.0 Å². The maximum absolute atomic E-state index is 12.4. The molecule has 0 unspecified atom stereocenters. The van der Waals surface area contributed by atoms with E-state index in [1.54, 1.807) is 18.4 Å². The Labute approximate surface area is 122 Å². The van der Waals surface area contributed by atoms with E-state index in [-0.39, 0.29) is 12.7 Å². The Bertz CT molecular complexity index is 572. The first-order chi connectivity index (χ1) is 9.41. The molecule has 0 bridgehead atoms. The van der Waals surface area contributed by atoms with Crippen LogP contribution in [0.3, 0.4) is 0 Å². The van der Waals surface area contributed by atoms with E-state index in [4.69, 9.17) is 9.84 Å². The second kappa shape index (κ2) is 6.21. The molecule has 1 aromatic heterocycles. The third kappa shape index (κ3) is 3.38. The van der Waals surface area contributed by atoms with Crippen molar-refractivity contribution >= 4 is 27.3 Å². The van der Waals surface area contributed by atoms with Gasteiger partial charge in [-0.25, -0.2) is 13.2 Å². The molecular formula is C12H17NO5S2. The van der Waals surface area contributed by atoms with Crippen LogP contribution in [0.15, 0.2) is 15.7 Å². The van der Waals surface area contributed by atoms with Crippen LogP contribution in [0.25, 0.3) is 0 Å². The van der Waals surface area contributed by atoms with Crippen molar-refractivity contribution in [1.82, 2.24) is 4.31 Å². The van der Waals surface area contributed by atoms with Crippen molar-refractivity contribution in [3.63, 3.8) is 0 Å². The predicted molar refractivity (Wildman–Crippen MR) is 74.4 cm³/mol. The van der Waals surface area contributed by atoms with Crippen LogP contribution in [0.4, 0.5) is 0 Å². The number of rotatable bonds is 5. The molecular weight excluding hydrogens is 302 g/mol. The number of thiophene rings is 1. The summed E-state index contributed by atoms with van der Waals surface area (Å²) in [6.45, 7) is 2.18. The number of hydrogen-bond acceptors (Lipinski definition) is 5. The summed E-state index contributed by atoms with van der Waals surface area (Å²) >= 11 is 1.23. The molecule has 1 aromatic rings. The summed E-state index contributed by atoms with van der Waals surface area (Å²) in [5, 5.41) is 10.3. The number of carbonyl (C=O) groups is 1. The predicted octanol–water partition coefficient (Wildman–Crippen LogP) is 1.31. The third-order valence-corrected chi connectivity index (χ3v) is 6.80. The summed E-state index contributed by atoms with van der Waals surface area (Å²) in [5.74, 6) is -1.01. The fraction of sp³-hybridized carbons (Fsp3) is 0.583. The van der Waals surface area contributed by atoms with Gasteiger partial charge in [-0.05, 0) is 36.8 Å². The fourth-order valence-corrected chi connectivity index (χ4v) is 5.19. The summed E-state index contributed by atoms with van der Waals surface area (Å²) in [5.41, 5.74) is 0.763. The van der Waals surface area contributed by atoms with Crippen molar-refractivity contribution in [1.29, 1.82) is 0 Å². The second-order valence-electron chi connectivity index (χ2n) is 4.70. The number of aliphatic carboxylic acids is 1. The lowest BCUT2D eigenvalue weighted by Gasteiger charge is -2.30. The SMILES string of the molecule is Cc1ccsc1S(=O)(=O)N1CCC(OCC(=O)O)CC1. The smallest absolute Gasteiger partial charge is 0.329 e. The average Bonchev–Trinajstić information content (AvgIpc) is 2.84. The molecule has 0 radical (unpaired) electrons. The number of carboxylic acids is 1. The van der Waals surface area contributed by atoms with Gasteiger partial charge in [0, 0.05) is 13.1 Å². The zero-order chi connectivity index (χ0) is 14.8. The average molecular weight is 319 g/mol. The van der Waals surface area contributed by atoms with Gasteiger partial charge in [-0.2, -0.15) is 4.31 Å². The summed E-state index contributed by atoms with van der Waals surface area (Å²) in [4.78, 5) is 10.4. The first-order valence-corrected chi connectivity index (χ1v) is 8.61. The largest absolute Gasteiger partial charge is 0.480 e. The van der Waals surface area contributed by atoms with Gasteiger partial charge >= 0.3 is 5.97 Å². The van der Waals surface area contributed by atoms with Gasteiger partial charge in [0.05, 0.1) is 6.10 Å². The topological polar surface area (TPSA) is 83.9 Å². The highest BCUT2D eigenvalue weighted by Gasteiger charge is 2.31. The number of sulfonamides is 1. The molecule has 1 aliphatic rings. The number of ether oxygens (including phenoxy) is 1. The monoisotopic (exact) mass is 319 g/mol. The number of nitrogens with zero attached hydrogens (tertiary/aromatic N) is 1. The molecule has 1 aliphatic heterocycles. The Morgan fingerprint density at radius 1 is 1.50 bits per heavy atom. The van der Waals surface area contributed by atoms with Crippen molar-refractivity contribution in [2.75, 3.05) is 19.7 Å². The minimum Gasteiger partial charge on any atom is -0.480 e. The highest BCUT2D eigenvalue weighted by atomic mass is 32.2. The van der Waals surface area contributed by atoms with Gasteiger partial charge in [0.15, 0.2) is 0 Å². The minimum atomic E-state index is -3.42. The number of hydrogen-bond donors (Lipinski definition) is 1. The number of carboxylic acid groups (broad SMARTS) is 1. The minimum absolute atomic E-state index is 0.179. The van der Waals surface area contributed by atoms with Gasteiger partial charge in [-0.15, -0.1) is 11.3 Å². The van der Waals surface area contributed by atoms with Crippen LogP contribution in [-0.2, 0) is 19.6 Å². The second-order valence-corrected chi connectivity index (χ2v) is 7.75. The lowest BCUT2D eigenvalue weighted by molar-refractivity contribution is -0.145. The normalized spacial score (nSPS) is 18.2. The van der Waals surface area contributed by atoms with Crippen LogP contribution >= 0.6 is 11.3 Å². The first kappa shape index (κ1) is 15.4. The molecule has 6 nitrogen and oxygen atoms in total. The Morgan fingerprint density at radius 2 is 2.15 bits per heavy atom. The molecule has 0 atom stereocenters. The van der Waals surface area contributed by atoms with Crippen LogP contribution < -0.4 is 0 Å². The molecule has 112 valence electrons. The van der Waals surface area contributed by atoms with E-state index in [9.17, 15) is 13.2 Å². The zero-order valence-electron chi connectivity index (χ0n) is 11.1.